The third kappa shape index (κ3) is 3.08. The Labute approximate surface area is 275 Å². The molecule has 0 radical (unpaired) electrons. The Balaban J connectivity index is 1.29. The van der Waals surface area contributed by atoms with E-state index in [1.807, 2.05) is 0 Å². The molecule has 0 saturated carbocycles. The Kier molecular flexibility index (Phi) is 4.95. The molecule has 0 N–H and O–H groups in total. The molecule has 0 atom stereocenters. The molecule has 4 aliphatic rings. The average Bonchev–Trinajstić information content (AvgIpc) is 3.14. The molecule has 0 bridgehead atoms. The van der Waals surface area contributed by atoms with Crippen LogP contribution in [0.1, 0.15) is 0 Å². The number of para-hydroxylation sites is 5. The molecule has 0 spiro atoms. The Morgan fingerprint density at radius 2 is 0.915 bits per heavy atom. The van der Waals surface area contributed by atoms with Gasteiger partial charge in [-0.1, -0.05) is 127 Å². The van der Waals surface area contributed by atoms with Crippen LogP contribution in [-0.2, 0) is 0 Å². The van der Waals surface area contributed by atoms with E-state index >= 15 is 0 Å². The molecule has 3 nitrogen and oxygen atoms in total. The minimum atomic E-state index is -2.73. The predicted molar refractivity (Wildman–Crippen MR) is 198 cm³/mol. The van der Waals surface area contributed by atoms with Crippen LogP contribution in [0.3, 0.4) is 0 Å². The molecule has 7 aromatic carbocycles. The second kappa shape index (κ2) is 9.15. The molecule has 4 heterocycles. The summed E-state index contributed by atoms with van der Waals surface area (Å²) in [4.78, 5) is 5.03. The number of nitrogens with zero attached hydrogens (tertiary/aromatic N) is 2. The van der Waals surface area contributed by atoms with E-state index in [9.17, 15) is 0 Å². The smallest absolute Gasteiger partial charge is 0.252 e. The lowest BCUT2D eigenvalue weighted by Gasteiger charge is -2.51. The maximum Gasteiger partial charge on any atom is 0.252 e. The van der Waals surface area contributed by atoms with Gasteiger partial charge >= 0.3 is 0 Å². The fourth-order valence-corrected chi connectivity index (χ4v) is 14.2. The summed E-state index contributed by atoms with van der Waals surface area (Å²) in [6.07, 6.45) is 0. The van der Waals surface area contributed by atoms with E-state index in [4.69, 9.17) is 4.74 Å². The van der Waals surface area contributed by atoms with Gasteiger partial charge < -0.3 is 14.5 Å². The number of anilines is 6. The Bertz CT molecular complexity index is 2390. The number of ether oxygens (including phenoxy) is 1. The number of benzene rings is 7. The summed E-state index contributed by atoms with van der Waals surface area (Å²) in [7, 11) is -2.73. The van der Waals surface area contributed by atoms with Crippen LogP contribution in [0.25, 0.3) is 0 Å². The Morgan fingerprint density at radius 1 is 0.404 bits per heavy atom. The van der Waals surface area contributed by atoms with Crippen molar-refractivity contribution in [1.82, 2.24) is 0 Å². The van der Waals surface area contributed by atoms with Crippen LogP contribution in [-0.4, -0.2) is 14.8 Å². The fourth-order valence-electron chi connectivity index (χ4n) is 9.03. The summed E-state index contributed by atoms with van der Waals surface area (Å²) in [5, 5.41) is 5.68. The highest BCUT2D eigenvalue weighted by molar-refractivity contribution is 7.22. The van der Waals surface area contributed by atoms with Gasteiger partial charge in [0, 0.05) is 22.7 Å². The van der Waals surface area contributed by atoms with Gasteiger partial charge in [-0.15, -0.1) is 0 Å². The van der Waals surface area contributed by atoms with Gasteiger partial charge in [-0.2, -0.15) is 0 Å². The molecule has 7 aromatic rings. The summed E-state index contributed by atoms with van der Waals surface area (Å²) in [6, 6.07) is 60.8. The molecule has 11 rings (SSSR count). The zero-order valence-corrected chi connectivity index (χ0v) is 26.5. The summed E-state index contributed by atoms with van der Waals surface area (Å²) in [6.45, 7) is 0.0657. The SMILES string of the molecule is c1ccc([Si]2(c3ccccc3)c3ccccc3N3c4cccc5c4B(c4cccc6c4N5c4ccccc4O6)c4cccc2c43)cc1. The van der Waals surface area contributed by atoms with E-state index in [1.54, 1.807) is 0 Å². The maximum atomic E-state index is 6.60. The fraction of sp³-hybridized carbons (Fsp3) is 0. The first kappa shape index (κ1) is 25.4. The van der Waals surface area contributed by atoms with Crippen molar-refractivity contribution in [3.8, 4) is 11.5 Å². The lowest BCUT2D eigenvalue weighted by Crippen LogP contribution is -2.79. The van der Waals surface area contributed by atoms with E-state index < -0.39 is 8.07 Å². The Morgan fingerprint density at radius 3 is 1.66 bits per heavy atom. The van der Waals surface area contributed by atoms with Gasteiger partial charge in [0.05, 0.1) is 11.4 Å². The lowest BCUT2D eigenvalue weighted by molar-refractivity contribution is 0.477. The Hall–Kier alpha value is -5.78. The first-order chi connectivity index (χ1) is 23.4. The van der Waals surface area contributed by atoms with Crippen LogP contribution in [0.2, 0.25) is 0 Å². The summed E-state index contributed by atoms with van der Waals surface area (Å²) >= 11 is 0. The summed E-state index contributed by atoms with van der Waals surface area (Å²) < 4.78 is 6.60. The molecule has 47 heavy (non-hydrogen) atoms. The second-order valence-electron chi connectivity index (χ2n) is 12.8. The maximum absolute atomic E-state index is 6.60. The molecule has 0 aromatic heterocycles. The van der Waals surface area contributed by atoms with Gasteiger partial charge in [-0.05, 0) is 73.5 Å². The van der Waals surface area contributed by atoms with Crippen LogP contribution in [0.5, 0.6) is 11.5 Å². The molecule has 218 valence electrons. The first-order valence-corrected chi connectivity index (χ1v) is 18.3. The zero-order chi connectivity index (χ0) is 30.7. The van der Waals surface area contributed by atoms with Gasteiger partial charge in [-0.25, -0.2) is 0 Å². The van der Waals surface area contributed by atoms with Crippen LogP contribution < -0.4 is 51.7 Å². The van der Waals surface area contributed by atoms with Gasteiger partial charge in [0.15, 0.2) is 19.6 Å². The number of hydrogen-bond donors (Lipinski definition) is 0. The van der Waals surface area contributed by atoms with Crippen LogP contribution in [0.4, 0.5) is 34.1 Å². The van der Waals surface area contributed by atoms with Gasteiger partial charge in [0.1, 0.15) is 0 Å². The minimum Gasteiger partial charge on any atom is -0.453 e. The number of fused-ring (bicyclic) bond motifs is 8. The molecular formula is C42H27BN2OSi. The summed E-state index contributed by atoms with van der Waals surface area (Å²) in [5.41, 5.74) is 11.3. The van der Waals surface area contributed by atoms with Crippen molar-refractivity contribution in [3.05, 3.63) is 164 Å². The molecule has 5 heteroatoms. The third-order valence-corrected chi connectivity index (χ3v) is 15.5. The van der Waals surface area contributed by atoms with Crippen molar-refractivity contribution in [2.24, 2.45) is 0 Å². The van der Waals surface area contributed by atoms with E-state index in [-0.39, 0.29) is 6.71 Å². The van der Waals surface area contributed by atoms with Crippen LogP contribution in [0.15, 0.2) is 164 Å². The topological polar surface area (TPSA) is 15.7 Å². The highest BCUT2D eigenvalue weighted by Crippen LogP contribution is 2.52. The highest BCUT2D eigenvalue weighted by Gasteiger charge is 2.53. The molecule has 0 unspecified atom stereocenters. The first-order valence-electron chi connectivity index (χ1n) is 16.3. The average molecular weight is 615 g/mol. The van der Waals surface area contributed by atoms with Crippen LogP contribution >= 0.6 is 0 Å². The quantitative estimate of drug-likeness (QED) is 0.237. The largest absolute Gasteiger partial charge is 0.453 e. The van der Waals surface area contributed by atoms with Crippen molar-refractivity contribution in [2.75, 3.05) is 9.80 Å². The number of hydrogen-bond acceptors (Lipinski definition) is 3. The lowest BCUT2D eigenvalue weighted by atomic mass is 9.33. The van der Waals surface area contributed by atoms with Gasteiger partial charge in [-0.3, -0.25) is 0 Å². The molecule has 0 fully saturated rings. The van der Waals surface area contributed by atoms with Gasteiger partial charge in [0.2, 0.25) is 0 Å². The van der Waals surface area contributed by atoms with E-state index in [0.717, 1.165) is 22.9 Å². The standard InChI is InChI=1S/C42H27BN2OSi/c1-3-14-28(15-4-1)47(29-16-5-2-6-17-29)38-26-10-8-21-33(38)45-35-23-13-22-34-40(35)43(31-19-12-27-39(47)42(31)45)30-18-11-25-37-41(30)44(34)32-20-7-9-24-36(32)46-37/h1-27H. The van der Waals surface area contributed by atoms with Crippen LogP contribution in [0, 0.1) is 0 Å². The normalized spacial score (nSPS) is 15.0. The van der Waals surface area contributed by atoms with Gasteiger partial charge in [0.25, 0.3) is 6.71 Å². The van der Waals surface area contributed by atoms with E-state index in [0.29, 0.717) is 0 Å². The minimum absolute atomic E-state index is 0.0657. The molecule has 0 amide bonds. The van der Waals surface area contributed by atoms with Crippen molar-refractivity contribution in [1.29, 1.82) is 0 Å². The second-order valence-corrected chi connectivity index (χ2v) is 16.6. The molecule has 4 aliphatic heterocycles. The molecular weight excluding hydrogens is 587 g/mol. The van der Waals surface area contributed by atoms with E-state index in [1.165, 1.54) is 59.9 Å². The van der Waals surface area contributed by atoms with Crippen molar-refractivity contribution >= 4 is 86.0 Å². The molecule has 0 aliphatic carbocycles. The van der Waals surface area contributed by atoms with Crippen molar-refractivity contribution in [3.63, 3.8) is 0 Å². The zero-order valence-electron chi connectivity index (χ0n) is 25.5. The predicted octanol–water partition coefficient (Wildman–Crippen LogP) is 5.57. The number of rotatable bonds is 2. The molecule has 0 saturated heterocycles. The van der Waals surface area contributed by atoms with E-state index in [2.05, 4.69) is 174 Å². The summed E-state index contributed by atoms with van der Waals surface area (Å²) in [5.74, 6) is 1.80. The highest BCUT2D eigenvalue weighted by atomic mass is 28.3. The monoisotopic (exact) mass is 614 g/mol. The van der Waals surface area contributed by atoms with Crippen molar-refractivity contribution in [2.45, 2.75) is 0 Å². The van der Waals surface area contributed by atoms with Crippen molar-refractivity contribution < 1.29 is 4.74 Å². The third-order valence-electron chi connectivity index (χ3n) is 10.7.